The Kier molecular flexibility index (Phi) is 17.3. The van der Waals surface area contributed by atoms with Crippen molar-refractivity contribution in [1.29, 1.82) is 0 Å². The number of carbonyl (C=O) groups is 6. The second-order valence-electron chi connectivity index (χ2n) is 11.4. The molecule has 0 unspecified atom stereocenters. The van der Waals surface area contributed by atoms with Crippen molar-refractivity contribution in [2.45, 2.75) is 75.5 Å². The fourth-order valence-electron chi connectivity index (χ4n) is 4.71. The topological polar surface area (TPSA) is 269 Å². The number of carboxylic acids is 1. The lowest BCUT2D eigenvalue weighted by molar-refractivity contribution is -0.142. The quantitative estimate of drug-likeness (QED) is 0.0647. The van der Waals surface area contributed by atoms with E-state index >= 15 is 0 Å². The number of aliphatic carboxylic acids is 1. The Morgan fingerprint density at radius 3 is 1.98 bits per heavy atom. The second-order valence-corrected chi connectivity index (χ2v) is 11.4. The maximum atomic E-state index is 13.1. The summed E-state index contributed by atoms with van der Waals surface area (Å²) < 4.78 is 0. The van der Waals surface area contributed by atoms with Gasteiger partial charge in [-0.3, -0.25) is 24.0 Å². The summed E-state index contributed by atoms with van der Waals surface area (Å²) in [4.78, 5) is 73.8. The first-order valence-corrected chi connectivity index (χ1v) is 15.8. The number of aliphatic hydroxyl groups is 1. The molecule has 5 amide bonds. The van der Waals surface area contributed by atoms with Crippen LogP contribution in [0.1, 0.15) is 48.8 Å². The summed E-state index contributed by atoms with van der Waals surface area (Å²) in [7, 11) is 0. The fourth-order valence-corrected chi connectivity index (χ4v) is 4.71. The molecule has 4 atom stereocenters. The molecule has 0 saturated heterocycles. The van der Waals surface area contributed by atoms with E-state index in [1.165, 1.54) is 0 Å². The average Bonchev–Trinajstić information content (AvgIpc) is 3.06. The maximum Gasteiger partial charge on any atom is 0.326 e. The van der Waals surface area contributed by atoms with Crippen LogP contribution in [0.3, 0.4) is 0 Å². The first-order valence-electron chi connectivity index (χ1n) is 15.8. The summed E-state index contributed by atoms with van der Waals surface area (Å²) in [6.07, 6.45) is 1.77. The number of hydrogen-bond acceptors (Lipinski definition) is 9. The summed E-state index contributed by atoms with van der Waals surface area (Å²) in [6, 6.07) is 11.6. The van der Waals surface area contributed by atoms with E-state index in [0.29, 0.717) is 37.8 Å². The van der Waals surface area contributed by atoms with Gasteiger partial charge in [-0.05, 0) is 55.3 Å². The molecule has 0 spiro atoms. The number of unbranched alkanes of at least 4 members (excludes halogenated alkanes) is 1. The van der Waals surface area contributed by atoms with Gasteiger partial charge in [-0.1, -0.05) is 54.6 Å². The van der Waals surface area contributed by atoms with Crippen LogP contribution >= 0.6 is 0 Å². The number of nitrogens with two attached hydrogens (primary N) is 3. The lowest BCUT2D eigenvalue weighted by atomic mass is 10.0. The minimum absolute atomic E-state index is 0.0558. The summed E-state index contributed by atoms with van der Waals surface area (Å²) in [5, 5.41) is 29.1. The van der Waals surface area contributed by atoms with Crippen LogP contribution in [0.2, 0.25) is 0 Å². The van der Waals surface area contributed by atoms with Crippen LogP contribution < -0.4 is 38.5 Å². The number of nitrogens with one attached hydrogen (secondary N) is 4. The predicted octanol–water partition coefficient (Wildman–Crippen LogP) is -1.62. The highest BCUT2D eigenvalue weighted by molar-refractivity contribution is 5.91. The molecule has 12 N–H and O–H groups in total. The number of aliphatic hydroxyl groups excluding tert-OH is 1. The Balaban J connectivity index is 1.98. The number of amides is 5. The highest BCUT2D eigenvalue weighted by atomic mass is 16.4. The molecule has 0 radical (unpaired) electrons. The molecular formula is C33H47N7O8. The molecule has 15 nitrogen and oxygen atoms in total. The van der Waals surface area contributed by atoms with E-state index in [1.54, 1.807) is 54.6 Å². The van der Waals surface area contributed by atoms with Crippen LogP contribution in [-0.4, -0.2) is 89.6 Å². The molecule has 262 valence electrons. The number of hydrogen-bond donors (Lipinski definition) is 9. The minimum Gasteiger partial charge on any atom is -0.480 e. The van der Waals surface area contributed by atoms with Gasteiger partial charge in [-0.15, -0.1) is 0 Å². The van der Waals surface area contributed by atoms with E-state index < -0.39 is 60.4 Å². The summed E-state index contributed by atoms with van der Waals surface area (Å²) in [6.45, 7) is 0.185. The Labute approximate surface area is 279 Å². The fraction of sp³-hybridized carbons (Fsp3) is 0.455. The molecule has 0 saturated carbocycles. The standard InChI is InChI=1S/C33H47N7O8/c34-16-5-4-8-25(39-30(44)24(35)20-41)31(45)37-17-15-21-9-11-23(12-10-21)19-29(43)38-27(18-22-6-2-1-3-7-22)32(46)40-26(33(47)48)13-14-28(36)42/h1-3,6-7,9-12,24-27,41H,4-5,8,13-20,34-35H2,(H2,36,42)(H,37,45)(H,38,43)(H,39,44)(H,40,46)(H,47,48)/t24-,25-,26-,27-/m0/s1. The van der Waals surface area contributed by atoms with Crippen molar-refractivity contribution < 1.29 is 39.0 Å². The van der Waals surface area contributed by atoms with Gasteiger partial charge in [0.2, 0.25) is 29.5 Å². The predicted molar refractivity (Wildman–Crippen MR) is 177 cm³/mol. The van der Waals surface area contributed by atoms with Crippen LogP contribution in [0.5, 0.6) is 0 Å². The Morgan fingerprint density at radius 2 is 1.38 bits per heavy atom. The molecule has 2 aromatic carbocycles. The second kappa shape index (κ2) is 21.1. The van der Waals surface area contributed by atoms with Gasteiger partial charge in [-0.25, -0.2) is 4.79 Å². The van der Waals surface area contributed by atoms with Crippen molar-refractivity contribution in [1.82, 2.24) is 21.3 Å². The molecule has 0 aromatic heterocycles. The average molecular weight is 670 g/mol. The number of benzene rings is 2. The van der Waals surface area contributed by atoms with E-state index in [9.17, 15) is 33.9 Å². The third-order valence-corrected chi connectivity index (χ3v) is 7.44. The number of carbonyl (C=O) groups excluding carboxylic acids is 5. The molecule has 0 aliphatic heterocycles. The van der Waals surface area contributed by atoms with Crippen molar-refractivity contribution in [3.8, 4) is 0 Å². The summed E-state index contributed by atoms with van der Waals surface area (Å²) in [5.41, 5.74) is 18.5. The molecule has 0 fully saturated rings. The monoisotopic (exact) mass is 669 g/mol. The third-order valence-electron chi connectivity index (χ3n) is 7.44. The maximum absolute atomic E-state index is 13.1. The van der Waals surface area contributed by atoms with Gasteiger partial charge in [-0.2, -0.15) is 0 Å². The first kappa shape index (κ1) is 39.3. The molecule has 0 bridgehead atoms. The van der Waals surface area contributed by atoms with E-state index in [-0.39, 0.29) is 38.1 Å². The van der Waals surface area contributed by atoms with Crippen LogP contribution in [0.4, 0.5) is 0 Å². The molecule has 2 aromatic rings. The zero-order valence-corrected chi connectivity index (χ0v) is 26.9. The van der Waals surface area contributed by atoms with E-state index in [0.717, 1.165) is 11.1 Å². The van der Waals surface area contributed by atoms with Crippen molar-refractivity contribution in [3.05, 3.63) is 71.3 Å². The summed E-state index contributed by atoms with van der Waals surface area (Å²) in [5.74, 6) is -4.20. The van der Waals surface area contributed by atoms with Gasteiger partial charge in [0.25, 0.3) is 0 Å². The molecule has 0 heterocycles. The van der Waals surface area contributed by atoms with Crippen molar-refractivity contribution in [2.24, 2.45) is 17.2 Å². The molecular weight excluding hydrogens is 622 g/mol. The van der Waals surface area contributed by atoms with Gasteiger partial charge in [0.15, 0.2) is 0 Å². The first-order chi connectivity index (χ1) is 22.9. The normalized spacial score (nSPS) is 13.3. The minimum atomic E-state index is -1.36. The number of carboxylic acid groups (broad SMARTS) is 1. The molecule has 0 aliphatic carbocycles. The Morgan fingerprint density at radius 1 is 0.729 bits per heavy atom. The van der Waals surface area contributed by atoms with Gasteiger partial charge < -0.3 is 48.7 Å². The lowest BCUT2D eigenvalue weighted by Gasteiger charge is -2.21. The van der Waals surface area contributed by atoms with Crippen molar-refractivity contribution in [3.63, 3.8) is 0 Å². The smallest absolute Gasteiger partial charge is 0.326 e. The highest BCUT2D eigenvalue weighted by Gasteiger charge is 2.27. The zero-order valence-electron chi connectivity index (χ0n) is 26.9. The summed E-state index contributed by atoms with van der Waals surface area (Å²) >= 11 is 0. The Bertz CT molecular complexity index is 1360. The SMILES string of the molecule is NCCCC[C@H](NC(=O)[C@@H](N)CO)C(=O)NCCc1ccc(CC(=O)N[C@@H](Cc2ccccc2)C(=O)N[C@@H](CCC(N)=O)C(=O)O)cc1. The molecule has 0 aliphatic rings. The van der Waals surface area contributed by atoms with Gasteiger partial charge in [0.1, 0.15) is 24.2 Å². The largest absolute Gasteiger partial charge is 0.480 e. The van der Waals surface area contributed by atoms with Crippen molar-refractivity contribution >= 4 is 35.5 Å². The van der Waals surface area contributed by atoms with Gasteiger partial charge in [0, 0.05) is 19.4 Å². The number of primary amides is 1. The van der Waals surface area contributed by atoms with E-state index in [1.807, 2.05) is 0 Å². The third kappa shape index (κ3) is 14.7. The van der Waals surface area contributed by atoms with Crippen LogP contribution in [0.25, 0.3) is 0 Å². The van der Waals surface area contributed by atoms with Crippen molar-refractivity contribution in [2.75, 3.05) is 19.7 Å². The zero-order chi connectivity index (χ0) is 35.5. The lowest BCUT2D eigenvalue weighted by Crippen LogP contribution is -2.52. The highest BCUT2D eigenvalue weighted by Crippen LogP contribution is 2.09. The van der Waals surface area contributed by atoms with E-state index in [4.69, 9.17) is 22.3 Å². The molecule has 48 heavy (non-hydrogen) atoms. The van der Waals surface area contributed by atoms with E-state index in [2.05, 4.69) is 21.3 Å². The Hall–Kier alpha value is -4.86. The van der Waals surface area contributed by atoms with Gasteiger partial charge in [0.05, 0.1) is 13.0 Å². The van der Waals surface area contributed by atoms with Crippen LogP contribution in [0, 0.1) is 0 Å². The van der Waals surface area contributed by atoms with Crippen LogP contribution in [-0.2, 0) is 48.0 Å². The molecule has 15 heteroatoms. The van der Waals surface area contributed by atoms with Crippen LogP contribution in [0.15, 0.2) is 54.6 Å². The van der Waals surface area contributed by atoms with Gasteiger partial charge >= 0.3 is 5.97 Å². The molecule has 2 rings (SSSR count). The number of rotatable bonds is 22.